The first-order valence-electron chi connectivity index (χ1n) is 8.98. The second-order valence-corrected chi connectivity index (χ2v) is 8.50. The highest BCUT2D eigenvalue weighted by molar-refractivity contribution is 7.87. The zero-order valence-electron chi connectivity index (χ0n) is 15.2. The average Bonchev–Trinajstić information content (AvgIpc) is 2.69. The van der Waals surface area contributed by atoms with Crippen LogP contribution in [0.25, 0.3) is 0 Å². The quantitative estimate of drug-likeness (QED) is 0.797. The summed E-state index contributed by atoms with van der Waals surface area (Å²) < 4.78 is 27.3. The largest absolute Gasteiger partial charge is 0.322 e. The fraction of sp³-hybridized carbons (Fsp3) is 0.588. The SMILES string of the molecule is CNS(=O)(=O)N1CCN(C(=O)N2CCN(Cc3ccccc3)CC2)CC1. The van der Waals surface area contributed by atoms with Gasteiger partial charge < -0.3 is 9.80 Å². The second kappa shape index (κ2) is 8.34. The molecule has 9 heteroatoms. The monoisotopic (exact) mass is 381 g/mol. The molecule has 8 nitrogen and oxygen atoms in total. The third-order valence-corrected chi connectivity index (χ3v) is 6.56. The minimum atomic E-state index is -3.41. The normalized spacial score (nSPS) is 20.3. The Morgan fingerprint density at radius 3 is 2.00 bits per heavy atom. The van der Waals surface area contributed by atoms with E-state index in [-0.39, 0.29) is 6.03 Å². The molecule has 26 heavy (non-hydrogen) atoms. The molecule has 0 saturated carbocycles. The van der Waals surface area contributed by atoms with Gasteiger partial charge in [0.15, 0.2) is 0 Å². The Hall–Kier alpha value is -1.68. The van der Waals surface area contributed by atoms with Gasteiger partial charge in [-0.05, 0) is 5.56 Å². The van der Waals surface area contributed by atoms with Gasteiger partial charge in [-0.25, -0.2) is 9.52 Å². The molecule has 1 aromatic rings. The van der Waals surface area contributed by atoms with Crippen LogP contribution in [0.3, 0.4) is 0 Å². The maximum Gasteiger partial charge on any atom is 0.320 e. The number of piperazine rings is 2. The molecule has 0 radical (unpaired) electrons. The van der Waals surface area contributed by atoms with Crippen LogP contribution in [0, 0.1) is 0 Å². The van der Waals surface area contributed by atoms with Crippen molar-refractivity contribution in [3.8, 4) is 0 Å². The van der Waals surface area contributed by atoms with Gasteiger partial charge in [0.05, 0.1) is 0 Å². The predicted octanol–water partition coefficient (Wildman–Crippen LogP) is 0.00600. The topological polar surface area (TPSA) is 76.2 Å². The molecule has 0 aliphatic carbocycles. The summed E-state index contributed by atoms with van der Waals surface area (Å²) in [5, 5.41) is 0. The van der Waals surface area contributed by atoms with Crippen LogP contribution in [-0.4, -0.2) is 92.9 Å². The summed E-state index contributed by atoms with van der Waals surface area (Å²) in [6.07, 6.45) is 0. The van der Waals surface area contributed by atoms with E-state index in [9.17, 15) is 13.2 Å². The van der Waals surface area contributed by atoms with Crippen LogP contribution in [0.5, 0.6) is 0 Å². The third kappa shape index (κ3) is 4.53. The number of amides is 2. The molecule has 2 heterocycles. The molecule has 1 aromatic carbocycles. The molecule has 2 fully saturated rings. The number of hydrogen-bond donors (Lipinski definition) is 1. The van der Waals surface area contributed by atoms with E-state index in [0.717, 1.165) is 19.6 Å². The summed E-state index contributed by atoms with van der Waals surface area (Å²) >= 11 is 0. The van der Waals surface area contributed by atoms with Crippen molar-refractivity contribution in [3.05, 3.63) is 35.9 Å². The van der Waals surface area contributed by atoms with Crippen molar-refractivity contribution in [1.29, 1.82) is 0 Å². The van der Waals surface area contributed by atoms with Crippen LogP contribution in [0.15, 0.2) is 30.3 Å². The molecule has 0 aromatic heterocycles. The summed E-state index contributed by atoms with van der Waals surface area (Å²) in [4.78, 5) is 18.7. The van der Waals surface area contributed by atoms with Crippen LogP contribution < -0.4 is 4.72 Å². The van der Waals surface area contributed by atoms with E-state index < -0.39 is 10.2 Å². The zero-order chi connectivity index (χ0) is 18.6. The van der Waals surface area contributed by atoms with Crippen molar-refractivity contribution in [1.82, 2.24) is 23.7 Å². The molecule has 1 N–H and O–H groups in total. The van der Waals surface area contributed by atoms with Gasteiger partial charge in [-0.15, -0.1) is 0 Å². The number of nitrogens with one attached hydrogen (secondary N) is 1. The Labute approximate surface area is 155 Å². The van der Waals surface area contributed by atoms with Crippen LogP contribution in [0.2, 0.25) is 0 Å². The van der Waals surface area contributed by atoms with Gasteiger partial charge in [-0.3, -0.25) is 4.90 Å². The van der Waals surface area contributed by atoms with E-state index in [1.807, 2.05) is 23.1 Å². The van der Waals surface area contributed by atoms with E-state index in [0.29, 0.717) is 39.3 Å². The molecule has 0 atom stereocenters. The zero-order valence-corrected chi connectivity index (χ0v) is 16.0. The first kappa shape index (κ1) is 19.1. The Morgan fingerprint density at radius 1 is 0.923 bits per heavy atom. The van der Waals surface area contributed by atoms with E-state index in [4.69, 9.17) is 0 Å². The standard InChI is InChI=1S/C17H27N5O3S/c1-18-26(24,25)22-13-11-21(12-14-22)17(23)20-9-7-19(8-10-20)15-16-5-3-2-4-6-16/h2-6,18H,7-15H2,1H3. The molecule has 2 aliphatic heterocycles. The number of hydrogen-bond acceptors (Lipinski definition) is 4. The summed E-state index contributed by atoms with van der Waals surface area (Å²) in [5.74, 6) is 0. The Bertz CT molecular complexity index is 696. The molecule has 0 spiro atoms. The molecule has 2 saturated heterocycles. The van der Waals surface area contributed by atoms with Gasteiger partial charge >= 0.3 is 6.03 Å². The smallest absolute Gasteiger partial charge is 0.320 e. The summed E-state index contributed by atoms with van der Waals surface area (Å²) in [7, 11) is -2.00. The lowest BCUT2D eigenvalue weighted by Crippen LogP contribution is -2.58. The van der Waals surface area contributed by atoms with E-state index in [2.05, 4.69) is 21.8 Å². The Kier molecular flexibility index (Phi) is 6.13. The highest BCUT2D eigenvalue weighted by atomic mass is 32.2. The number of urea groups is 1. The minimum absolute atomic E-state index is 0.0193. The summed E-state index contributed by atoms with van der Waals surface area (Å²) in [6, 6.07) is 10.4. The fourth-order valence-corrected chi connectivity index (χ4v) is 4.29. The molecular formula is C17H27N5O3S. The highest BCUT2D eigenvalue weighted by Crippen LogP contribution is 2.12. The molecule has 144 valence electrons. The van der Waals surface area contributed by atoms with E-state index in [1.54, 1.807) is 4.90 Å². The highest BCUT2D eigenvalue weighted by Gasteiger charge is 2.31. The number of rotatable bonds is 4. The van der Waals surface area contributed by atoms with Crippen molar-refractivity contribution < 1.29 is 13.2 Å². The first-order valence-corrected chi connectivity index (χ1v) is 10.4. The molecular weight excluding hydrogens is 354 g/mol. The third-order valence-electron chi connectivity index (χ3n) is 5.00. The molecule has 0 unspecified atom stereocenters. The van der Waals surface area contributed by atoms with Gasteiger partial charge in [-0.2, -0.15) is 12.7 Å². The lowest BCUT2D eigenvalue weighted by molar-refractivity contribution is 0.0998. The Morgan fingerprint density at radius 2 is 1.46 bits per heavy atom. The van der Waals surface area contributed by atoms with Gasteiger partial charge in [-0.1, -0.05) is 30.3 Å². The van der Waals surface area contributed by atoms with Crippen molar-refractivity contribution >= 4 is 16.2 Å². The molecule has 3 rings (SSSR count). The number of nitrogens with zero attached hydrogens (tertiary/aromatic N) is 4. The van der Waals surface area contributed by atoms with Gasteiger partial charge in [0.2, 0.25) is 0 Å². The number of carbonyl (C=O) groups is 1. The van der Waals surface area contributed by atoms with Gasteiger partial charge in [0.1, 0.15) is 0 Å². The minimum Gasteiger partial charge on any atom is -0.322 e. The first-order chi connectivity index (χ1) is 12.5. The van der Waals surface area contributed by atoms with Crippen molar-refractivity contribution in [3.63, 3.8) is 0 Å². The maximum absolute atomic E-state index is 12.7. The second-order valence-electron chi connectivity index (χ2n) is 6.63. The van der Waals surface area contributed by atoms with E-state index in [1.165, 1.54) is 16.9 Å². The van der Waals surface area contributed by atoms with Crippen molar-refractivity contribution in [2.75, 3.05) is 59.4 Å². The van der Waals surface area contributed by atoms with Crippen molar-refractivity contribution in [2.45, 2.75) is 6.54 Å². The molecule has 2 amide bonds. The van der Waals surface area contributed by atoms with E-state index >= 15 is 0 Å². The predicted molar refractivity (Wildman–Crippen MR) is 99.8 cm³/mol. The molecule has 2 aliphatic rings. The fourth-order valence-electron chi connectivity index (χ4n) is 3.39. The summed E-state index contributed by atoms with van der Waals surface area (Å²) in [6.45, 7) is 5.58. The van der Waals surface area contributed by atoms with Crippen molar-refractivity contribution in [2.24, 2.45) is 0 Å². The number of carbonyl (C=O) groups excluding carboxylic acids is 1. The van der Waals surface area contributed by atoms with Crippen LogP contribution >= 0.6 is 0 Å². The number of benzene rings is 1. The van der Waals surface area contributed by atoms with Crippen LogP contribution in [0.4, 0.5) is 4.79 Å². The summed E-state index contributed by atoms with van der Waals surface area (Å²) in [5.41, 5.74) is 1.29. The van der Waals surface area contributed by atoms with Gasteiger partial charge in [0, 0.05) is 66.0 Å². The lowest BCUT2D eigenvalue weighted by atomic mass is 10.2. The maximum atomic E-state index is 12.7. The van der Waals surface area contributed by atoms with Gasteiger partial charge in [0.25, 0.3) is 10.2 Å². The van der Waals surface area contributed by atoms with Crippen LogP contribution in [-0.2, 0) is 16.8 Å². The Balaban J connectivity index is 1.46. The van der Waals surface area contributed by atoms with Crippen LogP contribution in [0.1, 0.15) is 5.56 Å². The lowest BCUT2D eigenvalue weighted by Gasteiger charge is -2.40. The molecule has 0 bridgehead atoms. The average molecular weight is 382 g/mol.